The van der Waals surface area contributed by atoms with Crippen molar-refractivity contribution in [1.82, 2.24) is 5.32 Å². The summed E-state index contributed by atoms with van der Waals surface area (Å²) in [5, 5.41) is 4.95. The van der Waals surface area contributed by atoms with E-state index in [2.05, 4.69) is 11.4 Å². The number of benzene rings is 1. The molecular formula is C18H21NO3S. The smallest absolute Gasteiger partial charge is 0.220 e. The number of Topliss-reactive ketones (excluding diaryl/α,β-unsaturated/α-hetero) is 1. The maximum absolute atomic E-state index is 11.7. The van der Waals surface area contributed by atoms with Crippen molar-refractivity contribution in [3.63, 3.8) is 0 Å². The van der Waals surface area contributed by atoms with Gasteiger partial charge in [0, 0.05) is 23.4 Å². The fourth-order valence-corrected chi connectivity index (χ4v) is 2.79. The van der Waals surface area contributed by atoms with Crippen LogP contribution in [-0.4, -0.2) is 24.8 Å². The average Bonchev–Trinajstić information content (AvgIpc) is 3.05. The van der Waals surface area contributed by atoms with Crippen LogP contribution in [0, 0.1) is 0 Å². The number of thiophene rings is 1. The van der Waals surface area contributed by atoms with E-state index in [4.69, 9.17) is 4.74 Å². The molecule has 1 N–H and O–H groups in total. The Morgan fingerprint density at radius 1 is 1.17 bits per heavy atom. The van der Waals surface area contributed by atoms with Crippen molar-refractivity contribution in [2.24, 2.45) is 0 Å². The van der Waals surface area contributed by atoms with Crippen LogP contribution in [0.5, 0.6) is 5.75 Å². The molecule has 1 amide bonds. The second kappa shape index (κ2) is 9.10. The Balaban J connectivity index is 1.57. The molecule has 0 saturated heterocycles. The summed E-state index contributed by atoms with van der Waals surface area (Å²) in [6, 6.07) is 11.1. The van der Waals surface area contributed by atoms with Gasteiger partial charge in [-0.25, -0.2) is 0 Å². The summed E-state index contributed by atoms with van der Waals surface area (Å²) in [5.74, 6) is 0.806. The van der Waals surface area contributed by atoms with E-state index in [1.807, 2.05) is 11.4 Å². The zero-order valence-corrected chi connectivity index (χ0v) is 14.0. The second-order valence-corrected chi connectivity index (χ2v) is 6.24. The molecule has 0 fully saturated rings. The Labute approximate surface area is 140 Å². The monoisotopic (exact) mass is 331 g/mol. The van der Waals surface area contributed by atoms with E-state index in [0.717, 1.165) is 6.42 Å². The molecule has 2 rings (SSSR count). The average molecular weight is 331 g/mol. The van der Waals surface area contributed by atoms with Crippen molar-refractivity contribution >= 4 is 23.0 Å². The number of rotatable bonds is 9. The predicted octanol–water partition coefficient (Wildman–Crippen LogP) is 3.47. The molecule has 1 heterocycles. The lowest BCUT2D eigenvalue weighted by Gasteiger charge is -2.07. The zero-order valence-electron chi connectivity index (χ0n) is 13.2. The van der Waals surface area contributed by atoms with Crippen LogP contribution in [0.3, 0.4) is 0 Å². The van der Waals surface area contributed by atoms with Crippen LogP contribution in [0.2, 0.25) is 0 Å². The second-order valence-electron chi connectivity index (χ2n) is 5.21. The van der Waals surface area contributed by atoms with E-state index < -0.39 is 0 Å². The van der Waals surface area contributed by atoms with E-state index in [9.17, 15) is 9.59 Å². The SMILES string of the molecule is CC(=O)c1ccc(OCCCC(=O)NCCc2cccs2)cc1. The molecule has 4 nitrogen and oxygen atoms in total. The first kappa shape index (κ1) is 17.2. The highest BCUT2D eigenvalue weighted by Crippen LogP contribution is 2.13. The maximum atomic E-state index is 11.7. The van der Waals surface area contributed by atoms with Gasteiger partial charge in [0.05, 0.1) is 6.61 Å². The summed E-state index contributed by atoms with van der Waals surface area (Å²) >= 11 is 1.70. The van der Waals surface area contributed by atoms with Gasteiger partial charge < -0.3 is 10.1 Å². The van der Waals surface area contributed by atoms with Crippen LogP contribution < -0.4 is 10.1 Å². The van der Waals surface area contributed by atoms with Crippen molar-refractivity contribution < 1.29 is 14.3 Å². The van der Waals surface area contributed by atoms with Gasteiger partial charge in [-0.05, 0) is 55.5 Å². The van der Waals surface area contributed by atoms with Gasteiger partial charge in [-0.2, -0.15) is 0 Å². The Kier molecular flexibility index (Phi) is 6.81. The first-order valence-electron chi connectivity index (χ1n) is 7.68. The maximum Gasteiger partial charge on any atom is 0.220 e. The number of carbonyl (C=O) groups excluding carboxylic acids is 2. The Morgan fingerprint density at radius 2 is 1.96 bits per heavy atom. The molecular weight excluding hydrogens is 310 g/mol. The van der Waals surface area contributed by atoms with Gasteiger partial charge in [-0.1, -0.05) is 6.07 Å². The third-order valence-electron chi connectivity index (χ3n) is 3.35. The van der Waals surface area contributed by atoms with Crippen molar-refractivity contribution in [2.75, 3.05) is 13.2 Å². The van der Waals surface area contributed by atoms with Gasteiger partial charge in [0.1, 0.15) is 5.75 Å². The zero-order chi connectivity index (χ0) is 16.5. The number of carbonyl (C=O) groups is 2. The Bertz CT molecular complexity index is 620. The Morgan fingerprint density at radius 3 is 2.61 bits per heavy atom. The minimum atomic E-state index is 0.0377. The molecule has 23 heavy (non-hydrogen) atoms. The van der Waals surface area contributed by atoms with Crippen molar-refractivity contribution in [3.05, 3.63) is 52.2 Å². The molecule has 0 atom stereocenters. The molecule has 0 radical (unpaired) electrons. The number of ketones is 1. The first-order chi connectivity index (χ1) is 11.1. The van der Waals surface area contributed by atoms with E-state index in [1.165, 1.54) is 11.8 Å². The molecule has 1 aromatic heterocycles. The highest BCUT2D eigenvalue weighted by molar-refractivity contribution is 7.09. The van der Waals surface area contributed by atoms with Gasteiger partial charge in [-0.3, -0.25) is 9.59 Å². The molecule has 0 saturated carbocycles. The fourth-order valence-electron chi connectivity index (χ4n) is 2.08. The standard InChI is InChI=1S/C18H21NO3S/c1-14(20)15-6-8-16(9-7-15)22-12-2-5-18(21)19-11-10-17-4-3-13-23-17/h3-4,6-9,13H,2,5,10-12H2,1H3,(H,19,21). The fraction of sp³-hybridized carbons (Fsp3) is 0.333. The number of hydrogen-bond donors (Lipinski definition) is 1. The van der Waals surface area contributed by atoms with Gasteiger partial charge >= 0.3 is 0 Å². The molecule has 0 spiro atoms. The molecule has 0 aliphatic carbocycles. The lowest BCUT2D eigenvalue weighted by atomic mass is 10.1. The molecule has 122 valence electrons. The summed E-state index contributed by atoms with van der Waals surface area (Å²) in [6.07, 6.45) is 2.00. The summed E-state index contributed by atoms with van der Waals surface area (Å²) in [6.45, 7) is 2.69. The van der Waals surface area contributed by atoms with Gasteiger partial charge in [0.15, 0.2) is 5.78 Å². The largest absolute Gasteiger partial charge is 0.494 e. The van der Waals surface area contributed by atoms with E-state index in [-0.39, 0.29) is 11.7 Å². The summed E-state index contributed by atoms with van der Waals surface area (Å²) in [7, 11) is 0. The highest BCUT2D eigenvalue weighted by atomic mass is 32.1. The molecule has 0 aliphatic rings. The van der Waals surface area contributed by atoms with Crippen molar-refractivity contribution in [2.45, 2.75) is 26.2 Å². The molecule has 0 bridgehead atoms. The molecule has 1 aromatic carbocycles. The highest BCUT2D eigenvalue weighted by Gasteiger charge is 2.03. The third-order valence-corrected chi connectivity index (χ3v) is 4.29. The summed E-state index contributed by atoms with van der Waals surface area (Å²) < 4.78 is 5.56. The summed E-state index contributed by atoms with van der Waals surface area (Å²) in [5.41, 5.74) is 0.669. The summed E-state index contributed by atoms with van der Waals surface area (Å²) in [4.78, 5) is 24.2. The van der Waals surface area contributed by atoms with Crippen LogP contribution in [0.4, 0.5) is 0 Å². The number of nitrogens with one attached hydrogen (secondary N) is 1. The topological polar surface area (TPSA) is 55.4 Å². The Hall–Kier alpha value is -2.14. The van der Waals surface area contributed by atoms with E-state index in [1.54, 1.807) is 35.6 Å². The van der Waals surface area contributed by atoms with Crippen molar-refractivity contribution in [1.29, 1.82) is 0 Å². The van der Waals surface area contributed by atoms with Crippen LogP contribution in [0.25, 0.3) is 0 Å². The quantitative estimate of drug-likeness (QED) is 0.565. The lowest BCUT2D eigenvalue weighted by molar-refractivity contribution is -0.121. The van der Waals surface area contributed by atoms with Crippen LogP contribution in [-0.2, 0) is 11.2 Å². The molecule has 0 unspecified atom stereocenters. The van der Waals surface area contributed by atoms with Crippen LogP contribution in [0.1, 0.15) is 35.0 Å². The molecule has 2 aromatic rings. The molecule has 0 aliphatic heterocycles. The number of hydrogen-bond acceptors (Lipinski definition) is 4. The van der Waals surface area contributed by atoms with Crippen molar-refractivity contribution in [3.8, 4) is 5.75 Å². The van der Waals surface area contributed by atoms with Gasteiger partial charge in [0.25, 0.3) is 0 Å². The first-order valence-corrected chi connectivity index (χ1v) is 8.56. The number of amides is 1. The van der Waals surface area contributed by atoms with Crippen LogP contribution >= 0.6 is 11.3 Å². The normalized spacial score (nSPS) is 10.3. The minimum Gasteiger partial charge on any atom is -0.494 e. The van der Waals surface area contributed by atoms with Gasteiger partial charge in [-0.15, -0.1) is 11.3 Å². The lowest BCUT2D eigenvalue weighted by Crippen LogP contribution is -2.25. The number of ether oxygens (including phenoxy) is 1. The van der Waals surface area contributed by atoms with Gasteiger partial charge in [0.2, 0.25) is 5.91 Å². The predicted molar refractivity (Wildman–Crippen MR) is 92.2 cm³/mol. The van der Waals surface area contributed by atoms with E-state index >= 15 is 0 Å². The third kappa shape index (κ3) is 6.24. The minimum absolute atomic E-state index is 0.0377. The van der Waals surface area contributed by atoms with E-state index in [0.29, 0.717) is 37.3 Å². The van der Waals surface area contributed by atoms with Crippen LogP contribution in [0.15, 0.2) is 41.8 Å². The molecule has 5 heteroatoms.